The number of nitrogens with zero attached hydrogens (tertiary/aromatic N) is 11. The van der Waals surface area contributed by atoms with Crippen molar-refractivity contribution < 1.29 is 0 Å². The van der Waals surface area contributed by atoms with Crippen molar-refractivity contribution in [3.63, 3.8) is 0 Å². The molecule has 9 aromatic carbocycles. The molecular weight excluding hydrogens is 1360 g/mol. The summed E-state index contributed by atoms with van der Waals surface area (Å²) in [5, 5.41) is 7.35. The Bertz CT molecular complexity index is 5650. The van der Waals surface area contributed by atoms with E-state index in [4.69, 9.17) is 19.9 Å². The summed E-state index contributed by atoms with van der Waals surface area (Å²) in [4.78, 5) is 38.2. The molecule has 0 radical (unpaired) electrons. The maximum atomic E-state index is 5.16. The van der Waals surface area contributed by atoms with Gasteiger partial charge in [0.1, 0.15) is 23.3 Å². The van der Waals surface area contributed by atoms with Gasteiger partial charge in [-0.15, -0.1) is 0 Å². The molecule has 0 spiro atoms. The van der Waals surface area contributed by atoms with Gasteiger partial charge in [0.25, 0.3) is 0 Å². The molecule has 0 aliphatic carbocycles. The zero-order chi connectivity index (χ0) is 78.6. The van der Waals surface area contributed by atoms with Crippen LogP contribution in [0.25, 0.3) is 117 Å². The number of aromatic nitrogens is 11. The van der Waals surface area contributed by atoms with E-state index in [0.717, 1.165) is 102 Å². The van der Waals surface area contributed by atoms with Gasteiger partial charge in [0.2, 0.25) is 5.95 Å². The zero-order valence-electron chi connectivity index (χ0n) is 67.7. The van der Waals surface area contributed by atoms with Crippen molar-refractivity contribution in [1.82, 2.24) is 53.6 Å². The second-order valence-electron chi connectivity index (χ2n) is 34.7. The van der Waals surface area contributed by atoms with Gasteiger partial charge in [-0.3, -0.25) is 23.7 Å². The van der Waals surface area contributed by atoms with Crippen molar-refractivity contribution in [2.75, 3.05) is 0 Å². The first-order valence-electron chi connectivity index (χ1n) is 38.6. The van der Waals surface area contributed by atoms with Crippen molar-refractivity contribution in [1.29, 1.82) is 0 Å². The fourth-order valence-corrected chi connectivity index (χ4v) is 13.5. The van der Waals surface area contributed by atoms with Crippen LogP contribution in [0.2, 0.25) is 0 Å². The van der Waals surface area contributed by atoms with E-state index in [9.17, 15) is 0 Å². The number of para-hydroxylation sites is 6. The summed E-state index contributed by atoms with van der Waals surface area (Å²) in [6.45, 7) is 39.3. The highest BCUT2D eigenvalue weighted by Gasteiger charge is 2.26. The van der Waals surface area contributed by atoms with Crippen LogP contribution in [0, 0.1) is 0 Å². The first kappa shape index (κ1) is 77.1. The van der Waals surface area contributed by atoms with Crippen molar-refractivity contribution >= 4 is 65.4 Å². The fraction of sp³-hybridized carbons (Fsp3) is 0.240. The van der Waals surface area contributed by atoms with E-state index in [2.05, 4.69) is 377 Å². The van der Waals surface area contributed by atoms with Gasteiger partial charge >= 0.3 is 0 Å². The highest BCUT2D eigenvalue weighted by atomic mass is 15.2. The van der Waals surface area contributed by atoms with Gasteiger partial charge in [0.15, 0.2) is 0 Å². The van der Waals surface area contributed by atoms with Crippen LogP contribution in [-0.2, 0) is 32.5 Å². The normalized spacial score (nSPS) is 12.1. The molecule has 17 aromatic rings. The Morgan fingerprint density at radius 1 is 0.216 bits per heavy atom. The van der Waals surface area contributed by atoms with Gasteiger partial charge < -0.3 is 0 Å². The van der Waals surface area contributed by atoms with Crippen LogP contribution < -0.4 is 0 Å². The smallest absolute Gasteiger partial charge is 0.234 e. The molecule has 558 valence electrons. The molecule has 8 aromatic heterocycles. The highest BCUT2D eigenvalue weighted by Crippen LogP contribution is 2.38. The van der Waals surface area contributed by atoms with Crippen LogP contribution in [0.3, 0.4) is 0 Å². The molecule has 0 saturated carbocycles. The molecule has 111 heavy (non-hydrogen) atoms. The molecule has 0 atom stereocenters. The van der Waals surface area contributed by atoms with Crippen LogP contribution >= 0.6 is 0 Å². The minimum Gasteiger partial charge on any atom is -0.294 e. The van der Waals surface area contributed by atoms with Crippen LogP contribution in [0.15, 0.2) is 298 Å². The molecule has 0 unspecified atom stereocenters. The molecular formula is C100H103N11. The van der Waals surface area contributed by atoms with Crippen LogP contribution in [-0.4, -0.2) is 53.6 Å². The third kappa shape index (κ3) is 17.3. The SMILES string of the molecule is CC(C)(C)c1ccc(-c2ccccc2)nc1.CC(C)(C)c1ccc(C(C)(C)C)nc1.CC(C)(C)c1cnc(-n2c3ccccc3c3ccccc32)nc1.CC(C)(C)c1nc(-c2ccccc2)cc(-c2ccccc2)n1.CC(C)(C)c1nc(-n2c3ccccc3c3ccccc32)cc(-n2c3ccccc3c3ccccc32)n1. The van der Waals surface area contributed by atoms with Crippen molar-refractivity contribution in [2.45, 2.75) is 157 Å². The first-order chi connectivity index (χ1) is 52.9. The van der Waals surface area contributed by atoms with E-state index < -0.39 is 0 Å². The number of hydrogen-bond acceptors (Lipinski definition) is 8. The van der Waals surface area contributed by atoms with Gasteiger partial charge in [-0.05, 0) is 87.5 Å². The third-order valence-corrected chi connectivity index (χ3v) is 19.9. The molecule has 0 aliphatic heterocycles. The maximum absolute atomic E-state index is 5.16. The standard InChI is InChI=1S/C32H26N4.C20H19N3.C20H20N2.C15H17N.C13H21N/c1-32(2,3)31-33-29(35-25-16-8-4-12-21(25)22-13-5-9-17-26(22)35)20-30(34-31)36-27-18-10-6-14-23(27)24-15-7-11-19-28(24)36;1-20(2,3)14-12-21-19(22-13-14)23-17-10-6-4-8-15(17)16-9-5-7-11-18(16)23;1-20(2,3)19-21-17(15-10-6-4-7-11-15)14-18(22-19)16-12-8-5-9-13-16;1-15(2,3)13-9-10-14(16-11-13)12-7-5-4-6-8-12;1-12(2,3)10-7-8-11(14-9-10)13(4,5)6/h4-20H,1-3H3;4-13H,1-3H3;4-14H,1-3H3;4-11H,1-3H3;7-9H,1-6H3. The average molecular weight is 1460 g/mol. The molecule has 17 rings (SSSR count). The summed E-state index contributed by atoms with van der Waals surface area (Å²) in [6.07, 6.45) is 7.85. The van der Waals surface area contributed by atoms with Gasteiger partial charge in [0, 0.05) is 102 Å². The third-order valence-electron chi connectivity index (χ3n) is 19.9. The summed E-state index contributed by atoms with van der Waals surface area (Å²) in [6, 6.07) is 94.6. The Balaban J connectivity index is 0.000000127. The first-order valence-corrected chi connectivity index (χ1v) is 38.6. The largest absolute Gasteiger partial charge is 0.294 e. The zero-order valence-corrected chi connectivity index (χ0v) is 67.7. The fourth-order valence-electron chi connectivity index (χ4n) is 13.5. The van der Waals surface area contributed by atoms with Crippen LogP contribution in [0.4, 0.5) is 0 Å². The molecule has 0 amide bonds. The molecule has 0 saturated heterocycles. The summed E-state index contributed by atoms with van der Waals surface area (Å²) in [5.74, 6) is 4.16. The van der Waals surface area contributed by atoms with Gasteiger partial charge in [-0.2, -0.15) is 0 Å². The highest BCUT2D eigenvalue weighted by molar-refractivity contribution is 6.11. The summed E-state index contributed by atoms with van der Waals surface area (Å²) < 4.78 is 6.69. The number of pyridine rings is 2. The maximum Gasteiger partial charge on any atom is 0.234 e. The number of benzene rings is 9. The topological polar surface area (TPSA) is 118 Å². The second-order valence-corrected chi connectivity index (χ2v) is 34.7. The summed E-state index contributed by atoms with van der Waals surface area (Å²) >= 11 is 0. The second kappa shape index (κ2) is 31.5. The van der Waals surface area contributed by atoms with Gasteiger partial charge in [-0.1, -0.05) is 337 Å². The van der Waals surface area contributed by atoms with Gasteiger partial charge in [0.05, 0.1) is 50.2 Å². The van der Waals surface area contributed by atoms with Crippen LogP contribution in [0.1, 0.15) is 159 Å². The quantitative estimate of drug-likeness (QED) is 0.162. The summed E-state index contributed by atoms with van der Waals surface area (Å²) in [7, 11) is 0. The van der Waals surface area contributed by atoms with E-state index in [1.54, 1.807) is 0 Å². The Labute approximate surface area is 655 Å². The summed E-state index contributed by atoms with van der Waals surface area (Å²) in [5.41, 5.74) is 18.4. The minimum atomic E-state index is -0.220. The monoisotopic (exact) mass is 1460 g/mol. The predicted octanol–water partition coefficient (Wildman–Crippen LogP) is 25.7. The van der Waals surface area contributed by atoms with Crippen LogP contribution in [0.5, 0.6) is 0 Å². The lowest BCUT2D eigenvalue weighted by atomic mass is 9.86. The van der Waals surface area contributed by atoms with Crippen molar-refractivity contribution in [3.8, 4) is 51.4 Å². The Hall–Kier alpha value is -12.1. The minimum absolute atomic E-state index is 0.0549. The van der Waals surface area contributed by atoms with E-state index in [1.807, 2.05) is 79.4 Å². The molecule has 11 nitrogen and oxygen atoms in total. The van der Waals surface area contributed by atoms with Crippen molar-refractivity contribution in [2.24, 2.45) is 0 Å². The molecule has 0 bridgehead atoms. The Morgan fingerprint density at radius 3 is 0.802 bits per heavy atom. The molecule has 0 aliphatic rings. The average Bonchev–Trinajstić information content (AvgIpc) is 1.58. The molecule has 11 heteroatoms. The molecule has 0 fully saturated rings. The molecule has 8 heterocycles. The van der Waals surface area contributed by atoms with Gasteiger partial charge in [-0.25, -0.2) is 29.9 Å². The van der Waals surface area contributed by atoms with E-state index in [1.165, 1.54) is 49.0 Å². The van der Waals surface area contributed by atoms with Crippen molar-refractivity contribution in [3.05, 3.63) is 332 Å². The van der Waals surface area contributed by atoms with E-state index in [-0.39, 0.29) is 32.5 Å². The van der Waals surface area contributed by atoms with E-state index in [0.29, 0.717) is 0 Å². The Morgan fingerprint density at radius 2 is 0.505 bits per heavy atom. The molecule has 0 N–H and O–H groups in total. The lowest BCUT2D eigenvalue weighted by molar-refractivity contribution is 0.542. The lowest BCUT2D eigenvalue weighted by Gasteiger charge is -2.22. The Kier molecular flexibility index (Phi) is 21.9. The van der Waals surface area contributed by atoms with E-state index >= 15 is 0 Å². The number of rotatable bonds is 6. The predicted molar refractivity (Wildman–Crippen MR) is 466 cm³/mol. The lowest BCUT2D eigenvalue weighted by Crippen LogP contribution is -2.19. The number of fused-ring (bicyclic) bond motifs is 9. The number of hydrogen-bond donors (Lipinski definition) is 0.